The van der Waals surface area contributed by atoms with Crippen molar-refractivity contribution in [2.24, 2.45) is 0 Å². The molecular formula is C36H33F2N3O6. The van der Waals surface area contributed by atoms with E-state index < -0.39 is 42.1 Å². The number of carbonyl (C=O) groups excluding carboxylic acids is 1. The summed E-state index contributed by atoms with van der Waals surface area (Å²) in [4.78, 5) is 29.6. The van der Waals surface area contributed by atoms with E-state index in [4.69, 9.17) is 9.52 Å². The van der Waals surface area contributed by atoms with Crippen molar-refractivity contribution in [1.29, 1.82) is 0 Å². The van der Waals surface area contributed by atoms with Crippen molar-refractivity contribution < 1.29 is 38.1 Å². The van der Waals surface area contributed by atoms with E-state index in [1.165, 1.54) is 42.8 Å². The van der Waals surface area contributed by atoms with Gasteiger partial charge in [0.1, 0.15) is 23.6 Å². The van der Waals surface area contributed by atoms with E-state index in [0.29, 0.717) is 45.1 Å². The quantitative estimate of drug-likeness (QED) is 0.113. The zero-order chi connectivity index (χ0) is 33.7. The molecule has 0 aliphatic rings. The predicted molar refractivity (Wildman–Crippen MR) is 173 cm³/mol. The molecule has 0 bridgehead atoms. The summed E-state index contributed by atoms with van der Waals surface area (Å²) < 4.78 is 35.4. The van der Waals surface area contributed by atoms with Crippen molar-refractivity contribution in [2.75, 3.05) is 5.32 Å². The van der Waals surface area contributed by atoms with Crippen LogP contribution in [0.15, 0.2) is 95.7 Å². The second-order valence-electron chi connectivity index (χ2n) is 11.2. The molecule has 2 atom stereocenters. The van der Waals surface area contributed by atoms with Crippen LogP contribution >= 0.6 is 0 Å². The summed E-state index contributed by atoms with van der Waals surface area (Å²) in [5.41, 5.74) is 3.78. The second-order valence-corrected chi connectivity index (χ2v) is 11.2. The topological polar surface area (TPSA) is 138 Å². The number of hydrogen-bond donors (Lipinski definition) is 4. The molecule has 2 aromatic heterocycles. The number of aliphatic hydroxyl groups excluding tert-OH is 2. The highest BCUT2D eigenvalue weighted by atomic mass is 19.1. The van der Waals surface area contributed by atoms with Gasteiger partial charge in [-0.2, -0.15) is 0 Å². The number of aliphatic hydroxyl groups is 2. The third-order valence-electron chi connectivity index (χ3n) is 7.44. The average Bonchev–Trinajstić information content (AvgIpc) is 3.68. The molecule has 9 nitrogen and oxygen atoms in total. The van der Waals surface area contributed by atoms with E-state index in [9.17, 15) is 28.6 Å². The first-order chi connectivity index (χ1) is 22.5. The smallest absolute Gasteiger partial charge is 0.305 e. The molecule has 4 N–H and O–H groups in total. The van der Waals surface area contributed by atoms with E-state index in [0.717, 1.165) is 0 Å². The Hall–Kier alpha value is -5.39. The Morgan fingerprint density at radius 1 is 0.936 bits per heavy atom. The SMILES string of the molecule is CC(C)n1c(/C=C/[C@@H](O)C[C@@H](O)CC(=O)O)c(-c2ccc(F)cc2)c(-c2ccc(F)cc2)c1C(=O)Nc1cccc(-c2ncco2)c1. The third-order valence-corrected chi connectivity index (χ3v) is 7.44. The van der Waals surface area contributed by atoms with Crippen LogP contribution in [-0.4, -0.2) is 49.0 Å². The minimum atomic E-state index is -1.29. The fraction of sp³-hybridized carbons (Fsp3) is 0.194. The molecule has 47 heavy (non-hydrogen) atoms. The highest BCUT2D eigenvalue weighted by molar-refractivity contribution is 6.12. The molecule has 0 saturated heterocycles. The van der Waals surface area contributed by atoms with E-state index >= 15 is 0 Å². The van der Waals surface area contributed by atoms with Crippen LogP contribution in [0.3, 0.4) is 0 Å². The number of aromatic nitrogens is 2. The summed E-state index contributed by atoms with van der Waals surface area (Å²) in [6.07, 6.45) is 2.66. The molecule has 3 aromatic carbocycles. The summed E-state index contributed by atoms with van der Waals surface area (Å²) in [6.45, 7) is 3.74. The van der Waals surface area contributed by atoms with Crippen molar-refractivity contribution in [2.45, 2.75) is 44.9 Å². The molecule has 0 unspecified atom stereocenters. The van der Waals surface area contributed by atoms with Gasteiger partial charge in [-0.1, -0.05) is 36.4 Å². The fourth-order valence-corrected chi connectivity index (χ4v) is 5.47. The lowest BCUT2D eigenvalue weighted by molar-refractivity contribution is -0.139. The number of carboxylic acids is 1. The number of hydrogen-bond acceptors (Lipinski definition) is 6. The highest BCUT2D eigenvalue weighted by Gasteiger charge is 2.30. The Morgan fingerprint density at radius 2 is 1.57 bits per heavy atom. The van der Waals surface area contributed by atoms with E-state index in [-0.39, 0.29) is 18.2 Å². The molecule has 242 valence electrons. The Bertz CT molecular complexity index is 1880. The maximum Gasteiger partial charge on any atom is 0.305 e. The van der Waals surface area contributed by atoms with Crippen molar-refractivity contribution in [1.82, 2.24) is 9.55 Å². The number of nitrogens with zero attached hydrogens (tertiary/aromatic N) is 2. The minimum absolute atomic E-state index is 0.215. The fourth-order valence-electron chi connectivity index (χ4n) is 5.47. The molecule has 0 saturated carbocycles. The van der Waals surface area contributed by atoms with Gasteiger partial charge >= 0.3 is 5.97 Å². The number of aliphatic carboxylic acids is 1. The summed E-state index contributed by atoms with van der Waals surface area (Å²) in [7, 11) is 0. The standard InChI is InChI=1S/C36H33F2N3O6/c1-21(2)41-30(15-14-28(42)19-29(43)20-31(44)45)32(22-6-10-25(37)11-7-22)33(23-8-12-26(38)13-9-23)34(41)35(46)40-27-5-3-4-24(18-27)36-39-16-17-47-36/h3-18,21,28-29,42-43H,19-20H2,1-2H3,(H,40,46)(H,44,45)/b15-14+/t28-,29-/m1/s1. The van der Waals surface area contributed by atoms with Crippen LogP contribution in [0.1, 0.15) is 48.9 Å². The number of anilines is 1. The van der Waals surface area contributed by atoms with Crippen LogP contribution in [0.25, 0.3) is 39.8 Å². The van der Waals surface area contributed by atoms with Crippen molar-refractivity contribution in [3.8, 4) is 33.7 Å². The highest BCUT2D eigenvalue weighted by Crippen LogP contribution is 2.43. The Balaban J connectivity index is 1.70. The maximum atomic E-state index is 14.4. The number of nitrogens with one attached hydrogen (secondary N) is 1. The molecule has 5 rings (SSSR count). The van der Waals surface area contributed by atoms with E-state index in [2.05, 4.69) is 10.3 Å². The van der Waals surface area contributed by atoms with Gasteiger partial charge in [0.25, 0.3) is 5.91 Å². The van der Waals surface area contributed by atoms with Crippen LogP contribution < -0.4 is 5.32 Å². The number of halogens is 2. The molecule has 1 amide bonds. The van der Waals surface area contributed by atoms with Gasteiger partial charge in [0, 0.05) is 40.5 Å². The maximum absolute atomic E-state index is 14.4. The van der Waals surface area contributed by atoms with Crippen LogP contribution in [0.4, 0.5) is 14.5 Å². The minimum Gasteiger partial charge on any atom is -0.481 e. The molecule has 2 heterocycles. The molecular weight excluding hydrogens is 608 g/mol. The lowest BCUT2D eigenvalue weighted by Gasteiger charge is -2.17. The summed E-state index contributed by atoms with van der Waals surface area (Å²) >= 11 is 0. The van der Waals surface area contributed by atoms with Gasteiger partial charge in [-0.15, -0.1) is 0 Å². The molecule has 0 spiro atoms. The molecule has 11 heteroatoms. The molecule has 0 fully saturated rings. The first-order valence-corrected chi connectivity index (χ1v) is 14.9. The Labute approximate surface area is 269 Å². The number of benzene rings is 3. The number of oxazole rings is 1. The Morgan fingerprint density at radius 3 is 2.15 bits per heavy atom. The van der Waals surface area contributed by atoms with Crippen molar-refractivity contribution >= 4 is 23.6 Å². The number of carbonyl (C=O) groups is 2. The van der Waals surface area contributed by atoms with Crippen LogP contribution in [0.5, 0.6) is 0 Å². The average molecular weight is 642 g/mol. The van der Waals surface area contributed by atoms with E-state index in [1.807, 2.05) is 13.8 Å². The van der Waals surface area contributed by atoms with Gasteiger partial charge < -0.3 is 29.6 Å². The van der Waals surface area contributed by atoms with Crippen molar-refractivity contribution in [3.05, 3.63) is 114 Å². The largest absolute Gasteiger partial charge is 0.481 e. The third kappa shape index (κ3) is 7.71. The van der Waals surface area contributed by atoms with Crippen LogP contribution in [-0.2, 0) is 4.79 Å². The molecule has 0 aliphatic carbocycles. The number of amides is 1. The van der Waals surface area contributed by atoms with E-state index in [1.54, 1.807) is 59.2 Å². The lowest BCUT2D eigenvalue weighted by Crippen LogP contribution is -2.20. The zero-order valence-corrected chi connectivity index (χ0v) is 25.6. The summed E-state index contributed by atoms with van der Waals surface area (Å²) in [6, 6.07) is 18.0. The van der Waals surface area contributed by atoms with Gasteiger partial charge in [0.05, 0.1) is 24.8 Å². The predicted octanol–water partition coefficient (Wildman–Crippen LogP) is 7.19. The molecule has 0 radical (unpaired) electrons. The molecule has 5 aromatic rings. The summed E-state index contributed by atoms with van der Waals surface area (Å²) in [5.74, 6) is -2.27. The van der Waals surface area contributed by atoms with Crippen molar-refractivity contribution in [3.63, 3.8) is 0 Å². The first kappa shape index (κ1) is 33.0. The van der Waals surface area contributed by atoms with Gasteiger partial charge in [-0.25, -0.2) is 13.8 Å². The van der Waals surface area contributed by atoms with Gasteiger partial charge in [-0.3, -0.25) is 9.59 Å². The second kappa shape index (κ2) is 14.4. The number of rotatable bonds is 12. The van der Waals surface area contributed by atoms with Gasteiger partial charge in [-0.05, 0) is 73.5 Å². The monoisotopic (exact) mass is 641 g/mol. The Kier molecular flexibility index (Phi) is 10.1. The zero-order valence-electron chi connectivity index (χ0n) is 25.6. The first-order valence-electron chi connectivity index (χ1n) is 14.9. The van der Waals surface area contributed by atoms with Crippen LogP contribution in [0.2, 0.25) is 0 Å². The van der Waals surface area contributed by atoms with Crippen LogP contribution in [0, 0.1) is 11.6 Å². The normalized spacial score (nSPS) is 12.8. The molecule has 0 aliphatic heterocycles. The van der Waals surface area contributed by atoms with Gasteiger partial charge in [0.15, 0.2) is 0 Å². The lowest BCUT2D eigenvalue weighted by atomic mass is 9.94. The summed E-state index contributed by atoms with van der Waals surface area (Å²) in [5, 5.41) is 32.8. The van der Waals surface area contributed by atoms with Gasteiger partial charge in [0.2, 0.25) is 5.89 Å². The number of carboxylic acid groups (broad SMARTS) is 1.